The highest BCUT2D eigenvalue weighted by Crippen LogP contribution is 2.38. The number of rotatable bonds is 5. The van der Waals surface area contributed by atoms with Crippen LogP contribution in [0.5, 0.6) is 5.75 Å². The Balaban J connectivity index is 1.49. The number of nitrogen functional groups attached to an aromatic ring is 1. The van der Waals surface area contributed by atoms with Gasteiger partial charge in [-0.1, -0.05) is 24.3 Å². The number of H-pyrrole nitrogens is 1. The summed E-state index contributed by atoms with van der Waals surface area (Å²) in [5, 5.41) is 7.42. The molecule has 160 valence electrons. The second-order valence-electron chi connectivity index (χ2n) is 6.90. The van der Waals surface area contributed by atoms with Gasteiger partial charge in [0, 0.05) is 5.69 Å². The molecule has 3 heterocycles. The standard InChI is InChI=1S/C22H19N7O3/c1-2-31-22(30)32-17-11-29-19(20(23)24-12-25-29)18(17)13-7-9-14(10-8-13)26-21-27-15-5-3-4-6-16(15)28-21/h3-12H,2H2,1H3,(H2,23,24,25)(H2,26,27,28). The van der Waals surface area contributed by atoms with Crippen LogP contribution in [0, 0.1) is 0 Å². The van der Waals surface area contributed by atoms with Gasteiger partial charge >= 0.3 is 6.16 Å². The number of carbonyl (C=O) groups is 1. The lowest BCUT2D eigenvalue weighted by Crippen LogP contribution is -2.10. The molecule has 10 nitrogen and oxygen atoms in total. The molecule has 10 heteroatoms. The molecule has 0 spiro atoms. The molecule has 0 aliphatic rings. The van der Waals surface area contributed by atoms with E-state index in [2.05, 4.69) is 25.4 Å². The van der Waals surface area contributed by atoms with E-state index in [-0.39, 0.29) is 18.2 Å². The van der Waals surface area contributed by atoms with Gasteiger partial charge in [-0.05, 0) is 36.8 Å². The van der Waals surface area contributed by atoms with Gasteiger partial charge in [-0.2, -0.15) is 5.10 Å². The zero-order chi connectivity index (χ0) is 22.1. The zero-order valence-electron chi connectivity index (χ0n) is 17.1. The number of imidazole rings is 1. The van der Waals surface area contributed by atoms with Crippen molar-refractivity contribution in [3.63, 3.8) is 0 Å². The lowest BCUT2D eigenvalue weighted by molar-refractivity contribution is 0.104. The maximum atomic E-state index is 11.9. The molecule has 4 N–H and O–H groups in total. The third-order valence-electron chi connectivity index (χ3n) is 4.85. The Morgan fingerprint density at radius 1 is 1.19 bits per heavy atom. The van der Waals surface area contributed by atoms with Gasteiger partial charge in [0.25, 0.3) is 0 Å². The molecule has 0 aliphatic carbocycles. The number of aromatic nitrogens is 5. The van der Waals surface area contributed by atoms with E-state index in [1.54, 1.807) is 13.1 Å². The average Bonchev–Trinajstić information content (AvgIpc) is 3.35. The average molecular weight is 429 g/mol. The number of ether oxygens (including phenoxy) is 2. The van der Waals surface area contributed by atoms with Crippen LogP contribution in [0.15, 0.2) is 61.1 Å². The van der Waals surface area contributed by atoms with Gasteiger partial charge < -0.3 is 25.5 Å². The van der Waals surface area contributed by atoms with Crippen LogP contribution in [0.2, 0.25) is 0 Å². The minimum Gasteiger partial charge on any atom is -0.434 e. The van der Waals surface area contributed by atoms with Crippen LogP contribution in [0.3, 0.4) is 0 Å². The lowest BCUT2D eigenvalue weighted by atomic mass is 10.1. The highest BCUT2D eigenvalue weighted by molar-refractivity contribution is 5.93. The van der Waals surface area contributed by atoms with Crippen LogP contribution < -0.4 is 15.8 Å². The summed E-state index contributed by atoms with van der Waals surface area (Å²) >= 11 is 0. The molecule has 5 aromatic rings. The lowest BCUT2D eigenvalue weighted by Gasteiger charge is -2.08. The van der Waals surface area contributed by atoms with E-state index in [1.165, 1.54) is 10.8 Å². The molecule has 0 bridgehead atoms. The van der Waals surface area contributed by atoms with Crippen molar-refractivity contribution in [3.05, 3.63) is 61.1 Å². The van der Waals surface area contributed by atoms with Gasteiger partial charge in [0.05, 0.1) is 29.4 Å². The number of aromatic amines is 1. The summed E-state index contributed by atoms with van der Waals surface area (Å²) in [6, 6.07) is 15.3. The number of nitrogens with zero attached hydrogens (tertiary/aromatic N) is 4. The summed E-state index contributed by atoms with van der Waals surface area (Å²) in [6.45, 7) is 1.90. The van der Waals surface area contributed by atoms with Crippen LogP contribution >= 0.6 is 0 Å². The Morgan fingerprint density at radius 2 is 2.00 bits per heavy atom. The Labute approximate surface area is 182 Å². The zero-order valence-corrected chi connectivity index (χ0v) is 17.1. The fourth-order valence-electron chi connectivity index (χ4n) is 3.48. The van der Waals surface area contributed by atoms with E-state index in [1.807, 2.05) is 48.5 Å². The molecule has 32 heavy (non-hydrogen) atoms. The van der Waals surface area contributed by atoms with Crippen LogP contribution in [0.4, 0.5) is 22.2 Å². The Hall–Kier alpha value is -4.60. The van der Waals surface area contributed by atoms with Crippen LogP contribution in [-0.2, 0) is 4.74 Å². The molecule has 5 rings (SSSR count). The van der Waals surface area contributed by atoms with E-state index in [0.717, 1.165) is 22.3 Å². The minimum absolute atomic E-state index is 0.200. The molecular formula is C22H19N7O3. The number of benzene rings is 2. The number of carbonyl (C=O) groups excluding carboxylic acids is 1. The van der Waals surface area contributed by atoms with Crippen molar-refractivity contribution in [1.82, 2.24) is 24.6 Å². The molecule has 2 aromatic carbocycles. The fraction of sp³-hybridized carbons (Fsp3) is 0.0909. The summed E-state index contributed by atoms with van der Waals surface area (Å²) in [6.07, 6.45) is 2.10. The summed E-state index contributed by atoms with van der Waals surface area (Å²) in [5.74, 6) is 1.17. The Kier molecular flexibility index (Phi) is 4.79. The van der Waals surface area contributed by atoms with Crippen molar-refractivity contribution in [2.24, 2.45) is 0 Å². The van der Waals surface area contributed by atoms with E-state index >= 15 is 0 Å². The van der Waals surface area contributed by atoms with Crippen molar-refractivity contribution in [1.29, 1.82) is 0 Å². The van der Waals surface area contributed by atoms with E-state index in [4.69, 9.17) is 15.2 Å². The first kappa shape index (κ1) is 19.4. The highest BCUT2D eigenvalue weighted by Gasteiger charge is 2.20. The Bertz CT molecular complexity index is 1390. The SMILES string of the molecule is CCOC(=O)Oc1cn2ncnc(N)c2c1-c1ccc(Nc2nc3ccccc3[nH]2)cc1. The smallest absolute Gasteiger partial charge is 0.434 e. The molecule has 0 radical (unpaired) electrons. The number of hydrogen-bond acceptors (Lipinski definition) is 8. The van der Waals surface area contributed by atoms with E-state index < -0.39 is 6.16 Å². The molecule has 0 aliphatic heterocycles. The predicted molar refractivity (Wildman–Crippen MR) is 120 cm³/mol. The third-order valence-corrected chi connectivity index (χ3v) is 4.85. The number of anilines is 3. The summed E-state index contributed by atoms with van der Waals surface area (Å²) in [4.78, 5) is 23.8. The van der Waals surface area contributed by atoms with E-state index in [9.17, 15) is 4.79 Å². The highest BCUT2D eigenvalue weighted by atomic mass is 16.7. The molecular weight excluding hydrogens is 410 g/mol. The molecule has 0 atom stereocenters. The minimum atomic E-state index is -0.806. The number of fused-ring (bicyclic) bond motifs is 2. The van der Waals surface area contributed by atoms with Crippen LogP contribution in [0.1, 0.15) is 6.92 Å². The van der Waals surface area contributed by atoms with E-state index in [0.29, 0.717) is 17.0 Å². The van der Waals surface area contributed by atoms with Gasteiger partial charge in [0.1, 0.15) is 11.8 Å². The summed E-state index contributed by atoms with van der Waals surface area (Å²) in [7, 11) is 0. The summed E-state index contributed by atoms with van der Waals surface area (Å²) in [5.41, 5.74) is 10.6. The van der Waals surface area contributed by atoms with Crippen molar-refractivity contribution in [3.8, 4) is 16.9 Å². The molecule has 0 amide bonds. The third kappa shape index (κ3) is 3.54. The largest absolute Gasteiger partial charge is 0.513 e. The van der Waals surface area contributed by atoms with Gasteiger partial charge in [-0.25, -0.2) is 19.3 Å². The predicted octanol–water partition coefficient (Wildman–Crippen LogP) is 4.13. The maximum absolute atomic E-state index is 11.9. The fourth-order valence-corrected chi connectivity index (χ4v) is 3.48. The summed E-state index contributed by atoms with van der Waals surface area (Å²) < 4.78 is 11.8. The molecule has 0 unspecified atom stereocenters. The van der Waals surface area contributed by atoms with Crippen molar-refractivity contribution >= 4 is 40.2 Å². The molecule has 0 saturated carbocycles. The van der Waals surface area contributed by atoms with Crippen molar-refractivity contribution < 1.29 is 14.3 Å². The normalized spacial score (nSPS) is 11.0. The number of hydrogen-bond donors (Lipinski definition) is 3. The second-order valence-corrected chi connectivity index (χ2v) is 6.90. The first-order valence-corrected chi connectivity index (χ1v) is 9.91. The van der Waals surface area contributed by atoms with Gasteiger partial charge in [-0.15, -0.1) is 0 Å². The Morgan fingerprint density at radius 3 is 2.78 bits per heavy atom. The van der Waals surface area contributed by atoms with Gasteiger partial charge in [0.15, 0.2) is 11.6 Å². The maximum Gasteiger partial charge on any atom is 0.513 e. The second kappa shape index (κ2) is 7.91. The van der Waals surface area contributed by atoms with Crippen LogP contribution in [-0.4, -0.2) is 37.3 Å². The quantitative estimate of drug-likeness (QED) is 0.355. The first-order valence-electron chi connectivity index (χ1n) is 9.91. The topological polar surface area (TPSA) is 132 Å². The molecule has 0 saturated heterocycles. The number of para-hydroxylation sites is 2. The molecule has 3 aromatic heterocycles. The van der Waals surface area contributed by atoms with Crippen LogP contribution in [0.25, 0.3) is 27.7 Å². The molecule has 0 fully saturated rings. The van der Waals surface area contributed by atoms with Crippen molar-refractivity contribution in [2.45, 2.75) is 6.92 Å². The first-order chi connectivity index (χ1) is 15.6. The van der Waals surface area contributed by atoms with Crippen molar-refractivity contribution in [2.75, 3.05) is 17.7 Å². The van der Waals surface area contributed by atoms with Gasteiger partial charge in [0.2, 0.25) is 5.95 Å². The number of nitrogens with two attached hydrogens (primary N) is 1. The number of nitrogens with one attached hydrogen (secondary N) is 2. The van der Waals surface area contributed by atoms with Gasteiger partial charge in [-0.3, -0.25) is 0 Å². The monoisotopic (exact) mass is 429 g/mol.